The third-order valence-corrected chi connectivity index (χ3v) is 5.79. The van der Waals surface area contributed by atoms with E-state index < -0.39 is 17.8 Å². The Morgan fingerprint density at radius 3 is 2.23 bits per heavy atom. The number of hydrogen-bond donors (Lipinski definition) is 2. The van der Waals surface area contributed by atoms with Gasteiger partial charge in [0.25, 0.3) is 5.91 Å². The number of amides is 1. The Hall–Kier alpha value is -1.96. The van der Waals surface area contributed by atoms with E-state index in [1.807, 2.05) is 20.1 Å². The largest absolute Gasteiger partial charge is 0.481 e. The number of nitrogens with zero attached hydrogens (tertiary/aromatic N) is 1. The van der Waals surface area contributed by atoms with Gasteiger partial charge in [-0.15, -0.1) is 0 Å². The van der Waals surface area contributed by atoms with Gasteiger partial charge in [-0.1, -0.05) is 53.1 Å². The van der Waals surface area contributed by atoms with Crippen LogP contribution in [0.25, 0.3) is 5.76 Å². The van der Waals surface area contributed by atoms with Gasteiger partial charge >= 0.3 is 6.18 Å². The number of alkyl halides is 3. The van der Waals surface area contributed by atoms with Crippen molar-refractivity contribution in [2.45, 2.75) is 58.0 Å². The summed E-state index contributed by atoms with van der Waals surface area (Å²) in [6.07, 6.45) is -1.76. The van der Waals surface area contributed by atoms with Crippen molar-refractivity contribution in [3.63, 3.8) is 0 Å². The first-order chi connectivity index (χ1) is 19.0. The van der Waals surface area contributed by atoms with E-state index in [1.54, 1.807) is 47.2 Å². The van der Waals surface area contributed by atoms with Gasteiger partial charge in [0.1, 0.15) is 11.5 Å². The minimum absolute atomic E-state index is 0.105. The molecule has 222 valence electrons. The molecule has 0 saturated carbocycles. The van der Waals surface area contributed by atoms with Crippen LogP contribution < -0.4 is 15.4 Å². The van der Waals surface area contributed by atoms with E-state index in [2.05, 4.69) is 43.4 Å². The van der Waals surface area contributed by atoms with Gasteiger partial charge in [-0.05, 0) is 83.6 Å². The Kier molecular flexibility index (Phi) is 16.7. The van der Waals surface area contributed by atoms with Gasteiger partial charge in [-0.2, -0.15) is 13.2 Å². The lowest BCUT2D eigenvalue weighted by molar-refractivity contribution is -0.137. The monoisotopic (exact) mass is 713 g/mol. The third kappa shape index (κ3) is 12.3. The fourth-order valence-electron chi connectivity index (χ4n) is 3.58. The summed E-state index contributed by atoms with van der Waals surface area (Å²) in [7, 11) is 3.29. The highest BCUT2D eigenvalue weighted by molar-refractivity contribution is 14.2. The molecular formula is C28H36ClF3IN3O3S. The predicted octanol–water partition coefficient (Wildman–Crippen LogP) is 7.80. The summed E-state index contributed by atoms with van der Waals surface area (Å²) in [6.45, 7) is 9.98. The average Bonchev–Trinajstić information content (AvgIpc) is 2.94. The predicted molar refractivity (Wildman–Crippen MR) is 168 cm³/mol. The first-order valence-corrected chi connectivity index (χ1v) is 16.7. The maximum atomic E-state index is 12.8. The maximum absolute atomic E-state index is 12.8. The molecule has 1 fully saturated rings. The number of rotatable bonds is 7. The van der Waals surface area contributed by atoms with Gasteiger partial charge < -0.3 is 20.1 Å². The fourth-order valence-corrected chi connectivity index (χ4v) is 3.71. The molecule has 1 amide bonds. The van der Waals surface area contributed by atoms with Crippen molar-refractivity contribution in [1.82, 2.24) is 10.6 Å². The van der Waals surface area contributed by atoms with Gasteiger partial charge in [0.2, 0.25) is 5.90 Å². The first-order valence-electron chi connectivity index (χ1n) is 12.6. The minimum Gasteiger partial charge on any atom is -0.481 e. The van der Waals surface area contributed by atoms with Crippen LogP contribution in [0.3, 0.4) is 0 Å². The van der Waals surface area contributed by atoms with Crippen molar-refractivity contribution in [3.05, 3.63) is 71.3 Å². The van der Waals surface area contributed by atoms with E-state index >= 15 is 0 Å². The summed E-state index contributed by atoms with van der Waals surface area (Å²) < 4.78 is 49.8. The Morgan fingerprint density at radius 2 is 1.75 bits per heavy atom. The van der Waals surface area contributed by atoms with Gasteiger partial charge in [0.05, 0.1) is 11.6 Å². The van der Waals surface area contributed by atoms with Crippen LogP contribution in [0.1, 0.15) is 44.7 Å². The third-order valence-electron chi connectivity index (χ3n) is 5.54. The lowest BCUT2D eigenvalue weighted by atomic mass is 10.00. The average molecular weight is 714 g/mol. The molecule has 0 aromatic heterocycles. The molecule has 1 heterocycles. The van der Waals surface area contributed by atoms with E-state index in [0.29, 0.717) is 41.6 Å². The molecule has 2 aromatic carbocycles. The molecule has 0 bridgehead atoms. The zero-order chi connectivity index (χ0) is 30.3. The Morgan fingerprint density at radius 1 is 1.18 bits per heavy atom. The van der Waals surface area contributed by atoms with E-state index in [-0.39, 0.29) is 23.8 Å². The lowest BCUT2D eigenvalue weighted by Gasteiger charge is -2.31. The molecular weight excluding hydrogens is 678 g/mol. The smallest absolute Gasteiger partial charge is 0.416 e. The number of aliphatic imine (C=N–C) groups is 1. The van der Waals surface area contributed by atoms with Crippen molar-refractivity contribution in [1.29, 1.82) is 0 Å². The fraction of sp³-hybridized carbons (Fsp3) is 0.429. The molecule has 1 saturated heterocycles. The molecule has 0 radical (unpaired) electrons. The van der Waals surface area contributed by atoms with Gasteiger partial charge in [0.15, 0.2) is 6.10 Å². The van der Waals surface area contributed by atoms with Crippen LogP contribution in [0.15, 0.2) is 60.1 Å². The van der Waals surface area contributed by atoms with Gasteiger partial charge in [0, 0.05) is 30.2 Å². The topological polar surface area (TPSA) is 72.0 Å². The number of benzene rings is 2. The Bertz CT molecular complexity index is 1080. The van der Waals surface area contributed by atoms with E-state index in [9.17, 15) is 18.0 Å². The van der Waals surface area contributed by atoms with Crippen LogP contribution >= 0.6 is 41.7 Å². The quantitative estimate of drug-likeness (QED) is 0.133. The van der Waals surface area contributed by atoms with Gasteiger partial charge in [-0.25, -0.2) is 0 Å². The van der Waals surface area contributed by atoms with Crippen molar-refractivity contribution in [2.75, 3.05) is 19.8 Å². The summed E-state index contributed by atoms with van der Waals surface area (Å²) in [5.74, 6) is 0.887. The van der Waals surface area contributed by atoms with Crippen LogP contribution in [0.4, 0.5) is 13.2 Å². The Balaban J connectivity index is 0.00000150. The highest BCUT2D eigenvalue weighted by Gasteiger charge is 2.31. The number of hydrogen-bond acceptors (Lipinski definition) is 6. The molecule has 1 aliphatic rings. The molecule has 6 nitrogen and oxygen atoms in total. The maximum Gasteiger partial charge on any atom is 0.416 e. The summed E-state index contributed by atoms with van der Waals surface area (Å²) in [5, 5.41) is 6.84. The molecule has 0 aliphatic carbocycles. The summed E-state index contributed by atoms with van der Waals surface area (Å²) in [4.78, 5) is 16.7. The number of carbonyl (C=O) groups is 1. The zero-order valence-corrected chi connectivity index (χ0v) is 26.9. The van der Waals surface area contributed by atoms with Crippen LogP contribution in [-0.4, -0.2) is 49.8 Å². The highest BCUT2D eigenvalue weighted by Crippen LogP contribution is 2.30. The Labute approximate surface area is 256 Å². The zero-order valence-electron chi connectivity index (χ0n) is 23.1. The molecule has 2 unspecified atom stereocenters. The standard InChI is InChI=1S/C25H27ClF3N3O3.C2H6.CH3IS/c1-15(17-4-6-18(7-5-17)25(27,28)29)35-24(30-3)22-13-10-20(14-31-22)32-23(33)16(2)34-21-11-8-19(26)9-12-21;1-2;1-3-2/h4-9,11-12,16,20,22,31H,1,10,13-14H2,2-3H3,(H,32,33);1-2H3;1H3/t16?,20-,22?;;/m0../s1. The molecule has 2 N–H and O–H groups in total. The van der Waals surface area contributed by atoms with E-state index in [1.165, 1.54) is 12.1 Å². The van der Waals surface area contributed by atoms with Crippen LogP contribution in [0, 0.1) is 0 Å². The minimum atomic E-state index is -4.41. The second-order valence-corrected chi connectivity index (χ2v) is 11.7. The number of carbonyl (C=O) groups excluding carboxylic acids is 1. The van der Waals surface area contributed by atoms with E-state index in [4.69, 9.17) is 21.1 Å². The molecule has 3 atom stereocenters. The molecule has 40 heavy (non-hydrogen) atoms. The van der Waals surface area contributed by atoms with E-state index in [0.717, 1.165) is 12.1 Å². The number of nitrogens with one attached hydrogen (secondary N) is 2. The van der Waals surface area contributed by atoms with Crippen molar-refractivity contribution < 1.29 is 27.4 Å². The first kappa shape index (κ1) is 36.1. The molecule has 2 aromatic rings. The second kappa shape index (κ2) is 18.5. The van der Waals surface area contributed by atoms with Crippen LogP contribution in [0.2, 0.25) is 5.02 Å². The van der Waals surface area contributed by atoms with Crippen molar-refractivity contribution in [2.24, 2.45) is 4.99 Å². The van der Waals surface area contributed by atoms with Crippen molar-refractivity contribution in [3.8, 4) is 5.75 Å². The normalized spacial score (nSPS) is 17.7. The van der Waals surface area contributed by atoms with Crippen molar-refractivity contribution >= 4 is 59.3 Å². The lowest BCUT2D eigenvalue weighted by Crippen LogP contribution is -2.54. The molecule has 3 rings (SSSR count). The summed E-state index contributed by atoms with van der Waals surface area (Å²) in [5.41, 5.74) is -0.317. The second-order valence-electron chi connectivity index (χ2n) is 8.27. The number of piperidine rings is 1. The molecule has 12 heteroatoms. The summed E-state index contributed by atoms with van der Waals surface area (Å²) in [6, 6.07) is 11.0. The molecule has 0 spiro atoms. The summed E-state index contributed by atoms with van der Waals surface area (Å²) >= 11 is 8.07. The number of ether oxygens (including phenoxy) is 2. The van der Waals surface area contributed by atoms with Crippen LogP contribution in [-0.2, 0) is 15.7 Å². The number of halogens is 5. The SMILES string of the molecule is C=C(OC(=NC)C1CC[C@H](NC(=O)C(C)Oc2ccc(Cl)cc2)CN1)c1ccc(C(F)(F)F)cc1.CC.CSI. The van der Waals surface area contributed by atoms with Crippen LogP contribution in [0.5, 0.6) is 5.75 Å². The highest BCUT2D eigenvalue weighted by atomic mass is 127. The van der Waals surface area contributed by atoms with Gasteiger partial charge in [-0.3, -0.25) is 9.79 Å². The molecule has 1 aliphatic heterocycles.